The molecule has 0 spiro atoms. The number of amides is 2. The second kappa shape index (κ2) is 7.34. The van der Waals surface area contributed by atoms with Gasteiger partial charge < -0.3 is 10.6 Å². The summed E-state index contributed by atoms with van der Waals surface area (Å²) < 4.78 is 24.6. The molecule has 0 aliphatic carbocycles. The van der Waals surface area contributed by atoms with Crippen LogP contribution in [0.2, 0.25) is 5.02 Å². The molecule has 8 heteroatoms. The second-order valence-corrected chi connectivity index (χ2v) is 7.01. The van der Waals surface area contributed by atoms with Crippen LogP contribution in [0.1, 0.15) is 5.56 Å². The quantitative estimate of drug-likeness (QED) is 0.772. The normalized spacial score (nSPS) is 10.9. The molecule has 3 N–H and O–H groups in total. The van der Waals surface area contributed by atoms with Gasteiger partial charge in [0.2, 0.25) is 10.0 Å². The smallest absolute Gasteiger partial charge is 0.319 e. The molecule has 2 rings (SSSR count). The summed E-state index contributed by atoms with van der Waals surface area (Å²) in [5, 5.41) is 5.93. The zero-order valence-electron chi connectivity index (χ0n) is 12.3. The molecular weight excluding hydrogens is 338 g/mol. The molecule has 0 radical (unpaired) electrons. The summed E-state index contributed by atoms with van der Waals surface area (Å²) in [5.41, 5.74) is 1.78. The summed E-state index contributed by atoms with van der Waals surface area (Å²) in [7, 11) is -3.32. The summed E-state index contributed by atoms with van der Waals surface area (Å²) in [6, 6.07) is 13.2. The number of anilines is 2. The SMILES string of the molecule is CS(=O)(=O)Nc1ccc(NC(=O)NCc2ccccc2Cl)cc1. The maximum Gasteiger partial charge on any atom is 0.319 e. The van der Waals surface area contributed by atoms with Crippen molar-refractivity contribution in [2.24, 2.45) is 0 Å². The van der Waals surface area contributed by atoms with Crippen molar-refractivity contribution < 1.29 is 13.2 Å². The number of halogens is 1. The van der Waals surface area contributed by atoms with Crippen molar-refractivity contribution in [2.75, 3.05) is 16.3 Å². The lowest BCUT2D eigenvalue weighted by atomic mass is 10.2. The van der Waals surface area contributed by atoms with E-state index in [0.29, 0.717) is 22.9 Å². The lowest BCUT2D eigenvalue weighted by Gasteiger charge is -2.09. The summed E-state index contributed by atoms with van der Waals surface area (Å²) in [5.74, 6) is 0. The minimum absolute atomic E-state index is 0.305. The highest BCUT2D eigenvalue weighted by atomic mass is 35.5. The van der Waals surface area contributed by atoms with Crippen LogP contribution in [0.5, 0.6) is 0 Å². The van der Waals surface area contributed by atoms with Crippen LogP contribution in [-0.4, -0.2) is 20.7 Å². The molecule has 0 atom stereocenters. The summed E-state index contributed by atoms with van der Waals surface area (Å²) in [6.07, 6.45) is 1.07. The molecule has 23 heavy (non-hydrogen) atoms. The van der Waals surface area contributed by atoms with E-state index in [9.17, 15) is 13.2 Å². The first-order chi connectivity index (χ1) is 10.8. The van der Waals surface area contributed by atoms with Gasteiger partial charge in [-0.2, -0.15) is 0 Å². The summed E-state index contributed by atoms with van der Waals surface area (Å²) in [6.45, 7) is 0.305. The van der Waals surface area contributed by atoms with Crippen molar-refractivity contribution in [1.82, 2.24) is 5.32 Å². The van der Waals surface area contributed by atoms with Gasteiger partial charge >= 0.3 is 6.03 Å². The van der Waals surface area contributed by atoms with Gasteiger partial charge in [-0.15, -0.1) is 0 Å². The average Bonchev–Trinajstić information content (AvgIpc) is 2.47. The summed E-state index contributed by atoms with van der Waals surface area (Å²) >= 11 is 6.01. The molecule has 0 unspecified atom stereocenters. The molecule has 0 aromatic heterocycles. The van der Waals surface area contributed by atoms with Crippen molar-refractivity contribution in [3.05, 3.63) is 59.1 Å². The van der Waals surface area contributed by atoms with Crippen molar-refractivity contribution in [3.63, 3.8) is 0 Å². The Morgan fingerprint density at radius 3 is 2.26 bits per heavy atom. The van der Waals surface area contributed by atoms with Gasteiger partial charge in [0.05, 0.1) is 6.26 Å². The fraction of sp³-hybridized carbons (Fsp3) is 0.133. The average molecular weight is 354 g/mol. The zero-order valence-corrected chi connectivity index (χ0v) is 13.9. The summed E-state index contributed by atoms with van der Waals surface area (Å²) in [4.78, 5) is 11.8. The zero-order chi connectivity index (χ0) is 16.9. The lowest BCUT2D eigenvalue weighted by molar-refractivity contribution is 0.251. The number of carbonyl (C=O) groups excluding carboxylic acids is 1. The first-order valence-corrected chi connectivity index (χ1v) is 8.96. The van der Waals surface area contributed by atoms with Crippen molar-refractivity contribution in [2.45, 2.75) is 6.54 Å². The van der Waals surface area contributed by atoms with Gasteiger partial charge in [-0.05, 0) is 35.9 Å². The van der Waals surface area contributed by atoms with Crippen LogP contribution in [0.25, 0.3) is 0 Å². The van der Waals surface area contributed by atoms with E-state index in [1.54, 1.807) is 30.3 Å². The minimum atomic E-state index is -3.32. The number of benzene rings is 2. The fourth-order valence-electron chi connectivity index (χ4n) is 1.83. The number of rotatable bonds is 5. The molecule has 6 nitrogen and oxygen atoms in total. The van der Waals surface area contributed by atoms with Crippen LogP contribution < -0.4 is 15.4 Å². The van der Waals surface area contributed by atoms with Crippen LogP contribution in [0, 0.1) is 0 Å². The van der Waals surface area contributed by atoms with Crippen molar-refractivity contribution in [3.8, 4) is 0 Å². The molecule has 0 saturated heterocycles. The third-order valence-corrected chi connectivity index (χ3v) is 3.82. The number of urea groups is 1. The van der Waals surface area contributed by atoms with E-state index >= 15 is 0 Å². The number of hydrogen-bond donors (Lipinski definition) is 3. The van der Waals surface area contributed by atoms with Crippen LogP contribution in [-0.2, 0) is 16.6 Å². The highest BCUT2D eigenvalue weighted by molar-refractivity contribution is 7.92. The molecule has 122 valence electrons. The van der Waals surface area contributed by atoms with Gasteiger partial charge in [0.25, 0.3) is 0 Å². The van der Waals surface area contributed by atoms with Crippen LogP contribution in [0.3, 0.4) is 0 Å². The predicted molar refractivity (Wildman–Crippen MR) is 92.2 cm³/mol. The first kappa shape index (κ1) is 17.1. The monoisotopic (exact) mass is 353 g/mol. The van der Waals surface area contributed by atoms with Gasteiger partial charge in [0.1, 0.15) is 0 Å². The first-order valence-electron chi connectivity index (χ1n) is 6.69. The highest BCUT2D eigenvalue weighted by Gasteiger charge is 2.05. The van der Waals surface area contributed by atoms with Gasteiger partial charge in [0, 0.05) is 22.9 Å². The molecule has 0 fully saturated rings. The van der Waals surface area contributed by atoms with E-state index in [0.717, 1.165) is 11.8 Å². The Morgan fingerprint density at radius 1 is 1.04 bits per heavy atom. The molecule has 2 amide bonds. The third-order valence-electron chi connectivity index (χ3n) is 2.84. The molecule has 0 saturated carbocycles. The molecule has 0 aliphatic rings. The molecule has 2 aromatic carbocycles. The van der Waals surface area contributed by atoms with Gasteiger partial charge in [-0.25, -0.2) is 13.2 Å². The maximum absolute atomic E-state index is 11.8. The maximum atomic E-state index is 11.8. The lowest BCUT2D eigenvalue weighted by Crippen LogP contribution is -2.28. The van der Waals surface area contributed by atoms with E-state index in [4.69, 9.17) is 11.6 Å². The predicted octanol–water partition coefficient (Wildman–Crippen LogP) is 3.03. The Balaban J connectivity index is 1.89. The highest BCUT2D eigenvalue weighted by Crippen LogP contribution is 2.16. The standard InChI is InChI=1S/C15H16ClN3O3S/c1-23(21,22)19-13-8-6-12(7-9-13)18-15(20)17-10-11-4-2-3-5-14(11)16/h2-9,19H,10H2,1H3,(H2,17,18,20). The van der Waals surface area contributed by atoms with E-state index in [2.05, 4.69) is 15.4 Å². The Kier molecular flexibility index (Phi) is 5.46. The van der Waals surface area contributed by atoms with Crippen molar-refractivity contribution >= 4 is 39.0 Å². The minimum Gasteiger partial charge on any atom is -0.334 e. The van der Waals surface area contributed by atoms with E-state index in [-0.39, 0.29) is 6.03 Å². The van der Waals surface area contributed by atoms with E-state index in [1.165, 1.54) is 0 Å². The Morgan fingerprint density at radius 2 is 1.65 bits per heavy atom. The second-order valence-electron chi connectivity index (χ2n) is 4.85. The van der Waals surface area contributed by atoms with Gasteiger partial charge in [-0.3, -0.25) is 4.72 Å². The number of carbonyl (C=O) groups is 1. The topological polar surface area (TPSA) is 87.3 Å². The number of hydrogen-bond acceptors (Lipinski definition) is 3. The molecule has 0 bridgehead atoms. The molecule has 2 aromatic rings. The molecule has 0 heterocycles. The Hall–Kier alpha value is -2.25. The van der Waals surface area contributed by atoms with Gasteiger partial charge in [0.15, 0.2) is 0 Å². The number of nitrogens with one attached hydrogen (secondary N) is 3. The van der Waals surface area contributed by atoms with Gasteiger partial charge in [-0.1, -0.05) is 29.8 Å². The molecule has 0 aliphatic heterocycles. The van der Waals surface area contributed by atoms with Crippen LogP contribution in [0.4, 0.5) is 16.2 Å². The Labute approximate surface area is 139 Å². The molecular formula is C15H16ClN3O3S. The van der Waals surface area contributed by atoms with E-state index < -0.39 is 10.0 Å². The van der Waals surface area contributed by atoms with E-state index in [1.807, 2.05) is 18.2 Å². The fourth-order valence-corrected chi connectivity index (χ4v) is 2.60. The van der Waals surface area contributed by atoms with Crippen molar-refractivity contribution in [1.29, 1.82) is 0 Å². The van der Waals surface area contributed by atoms with Crippen LogP contribution >= 0.6 is 11.6 Å². The largest absolute Gasteiger partial charge is 0.334 e. The Bertz CT molecular complexity index is 792. The van der Waals surface area contributed by atoms with Crippen LogP contribution in [0.15, 0.2) is 48.5 Å². The third kappa shape index (κ3) is 5.80. The number of sulfonamides is 1.